The Balaban J connectivity index is 2.09. The van der Waals surface area contributed by atoms with Crippen molar-refractivity contribution < 1.29 is 43.1 Å². The molecule has 8 amide bonds. The first-order valence-electron chi connectivity index (χ1n) is 14.6. The molecule has 0 saturated carbocycles. The number of hydrogen-bond donors (Lipinski definition) is 6. The molecular formula is C30H41N7O9. The fourth-order valence-electron chi connectivity index (χ4n) is 4.02. The number of carbonyl (C=O) groups excluding carboxylic acids is 8. The minimum Gasteiger partial charge on any atom is -0.460 e. The SMILES string of the molecule is CC(C)(C)C(=O)OCc1ccc(NC(=O)[C@H](CCCNC(N)=O)NC(=O)[C@H](CCC(N)=O)NC(=O)CCN2C(=O)C=CC2=O)cc1. The van der Waals surface area contributed by atoms with Crippen molar-refractivity contribution in [3.8, 4) is 0 Å². The van der Waals surface area contributed by atoms with Crippen LogP contribution in [-0.2, 0) is 44.9 Å². The molecule has 0 saturated heterocycles. The Kier molecular flexibility index (Phi) is 13.9. The van der Waals surface area contributed by atoms with E-state index < -0.39 is 59.0 Å². The van der Waals surface area contributed by atoms with Gasteiger partial charge in [-0.3, -0.25) is 38.5 Å². The third-order valence-electron chi connectivity index (χ3n) is 6.60. The molecule has 0 fully saturated rings. The van der Waals surface area contributed by atoms with E-state index in [1.165, 1.54) is 0 Å². The monoisotopic (exact) mass is 643 g/mol. The van der Waals surface area contributed by atoms with Gasteiger partial charge in [0.05, 0.1) is 5.41 Å². The molecule has 16 heteroatoms. The van der Waals surface area contributed by atoms with Crippen LogP contribution in [0.2, 0.25) is 0 Å². The third kappa shape index (κ3) is 12.8. The molecule has 1 aliphatic heterocycles. The number of amides is 8. The fraction of sp³-hybridized carbons (Fsp3) is 0.467. The van der Waals surface area contributed by atoms with Crippen LogP contribution in [0.1, 0.15) is 58.4 Å². The van der Waals surface area contributed by atoms with Crippen molar-refractivity contribution in [2.45, 2.75) is 71.6 Å². The predicted octanol–water partition coefficient (Wildman–Crippen LogP) is -0.287. The van der Waals surface area contributed by atoms with E-state index in [1.54, 1.807) is 45.0 Å². The highest BCUT2D eigenvalue weighted by Gasteiger charge is 2.29. The Hall–Kier alpha value is -5.28. The second-order valence-corrected chi connectivity index (χ2v) is 11.5. The van der Waals surface area contributed by atoms with Crippen molar-refractivity contribution in [1.82, 2.24) is 20.9 Å². The zero-order valence-electron chi connectivity index (χ0n) is 26.1. The lowest BCUT2D eigenvalue weighted by molar-refractivity contribution is -0.154. The molecule has 250 valence electrons. The normalized spacial score (nSPS) is 13.8. The standard InChI is InChI=1S/C30H41N7O9/c1-30(2,3)28(44)46-17-18-6-8-19(9-7-18)34-26(42)20(5-4-15-33-29(32)45)36-27(43)21(10-11-22(31)38)35-23(39)14-16-37-24(40)12-13-25(37)41/h6-9,12-13,20-21H,4-5,10-11,14-17H2,1-3H3,(H2,31,38)(H,34,42)(H,35,39)(H,36,43)(H3,32,33,45)/t20-,21-/m0/s1. The molecule has 1 aromatic carbocycles. The number of nitrogens with zero attached hydrogens (tertiary/aromatic N) is 1. The average Bonchev–Trinajstić information content (AvgIpc) is 3.30. The maximum Gasteiger partial charge on any atom is 0.312 e. The van der Waals surface area contributed by atoms with Crippen LogP contribution in [-0.4, -0.2) is 77.5 Å². The van der Waals surface area contributed by atoms with Crippen LogP contribution in [0.15, 0.2) is 36.4 Å². The Morgan fingerprint density at radius 1 is 0.848 bits per heavy atom. The second kappa shape index (κ2) is 17.3. The largest absolute Gasteiger partial charge is 0.460 e. The molecule has 0 spiro atoms. The first-order valence-corrected chi connectivity index (χ1v) is 14.6. The number of nitrogens with two attached hydrogens (primary N) is 2. The molecule has 46 heavy (non-hydrogen) atoms. The second-order valence-electron chi connectivity index (χ2n) is 11.5. The fourth-order valence-corrected chi connectivity index (χ4v) is 4.02. The lowest BCUT2D eigenvalue weighted by atomic mass is 9.97. The summed E-state index contributed by atoms with van der Waals surface area (Å²) >= 11 is 0. The first-order chi connectivity index (χ1) is 21.6. The van der Waals surface area contributed by atoms with Gasteiger partial charge in [-0.15, -0.1) is 0 Å². The van der Waals surface area contributed by atoms with Crippen LogP contribution in [0.4, 0.5) is 10.5 Å². The summed E-state index contributed by atoms with van der Waals surface area (Å²) in [6.45, 7) is 5.14. The highest BCUT2D eigenvalue weighted by molar-refractivity contribution is 6.13. The molecule has 2 atom stereocenters. The van der Waals surface area contributed by atoms with Crippen molar-refractivity contribution >= 4 is 53.1 Å². The topological polar surface area (TPSA) is 249 Å². The summed E-state index contributed by atoms with van der Waals surface area (Å²) in [5.74, 6) is -4.32. The van der Waals surface area contributed by atoms with E-state index in [0.717, 1.165) is 17.1 Å². The summed E-state index contributed by atoms with van der Waals surface area (Å²) in [7, 11) is 0. The number of primary amides is 2. The van der Waals surface area contributed by atoms with Gasteiger partial charge in [0.1, 0.15) is 18.7 Å². The van der Waals surface area contributed by atoms with Crippen LogP contribution in [0, 0.1) is 5.41 Å². The molecule has 0 bridgehead atoms. The Morgan fingerprint density at radius 3 is 2.02 bits per heavy atom. The van der Waals surface area contributed by atoms with E-state index in [0.29, 0.717) is 11.3 Å². The van der Waals surface area contributed by atoms with Gasteiger partial charge < -0.3 is 37.5 Å². The molecule has 2 rings (SSSR count). The van der Waals surface area contributed by atoms with E-state index in [4.69, 9.17) is 16.2 Å². The maximum atomic E-state index is 13.3. The molecule has 8 N–H and O–H groups in total. The number of rotatable bonds is 17. The number of urea groups is 1. The number of benzene rings is 1. The first kappa shape index (κ1) is 36.9. The molecule has 16 nitrogen and oxygen atoms in total. The lowest BCUT2D eigenvalue weighted by Crippen LogP contribution is -2.53. The number of ether oxygens (including phenoxy) is 1. The average molecular weight is 644 g/mol. The Bertz CT molecular complexity index is 1340. The summed E-state index contributed by atoms with van der Waals surface area (Å²) in [5.41, 5.74) is 10.7. The zero-order valence-corrected chi connectivity index (χ0v) is 26.1. The molecule has 0 radical (unpaired) electrons. The Labute approximate surface area is 266 Å². The van der Waals surface area contributed by atoms with Gasteiger partial charge >= 0.3 is 12.0 Å². The number of anilines is 1. The van der Waals surface area contributed by atoms with Crippen molar-refractivity contribution in [2.75, 3.05) is 18.4 Å². The Morgan fingerprint density at radius 2 is 1.46 bits per heavy atom. The number of hydrogen-bond acceptors (Lipinski definition) is 9. The summed E-state index contributed by atoms with van der Waals surface area (Å²) in [6.07, 6.45) is 1.69. The summed E-state index contributed by atoms with van der Waals surface area (Å²) in [5, 5.41) is 10.1. The molecule has 1 heterocycles. The predicted molar refractivity (Wildman–Crippen MR) is 164 cm³/mol. The van der Waals surface area contributed by atoms with Gasteiger partial charge in [-0.25, -0.2) is 4.79 Å². The quantitative estimate of drug-likeness (QED) is 0.0740. The highest BCUT2D eigenvalue weighted by Crippen LogP contribution is 2.18. The van der Waals surface area contributed by atoms with E-state index >= 15 is 0 Å². The molecule has 0 aromatic heterocycles. The van der Waals surface area contributed by atoms with Crippen LogP contribution in [0.5, 0.6) is 0 Å². The van der Waals surface area contributed by atoms with Crippen molar-refractivity contribution in [2.24, 2.45) is 16.9 Å². The van der Waals surface area contributed by atoms with Gasteiger partial charge in [0, 0.05) is 43.8 Å². The smallest absolute Gasteiger partial charge is 0.312 e. The summed E-state index contributed by atoms with van der Waals surface area (Å²) in [4.78, 5) is 98.1. The highest BCUT2D eigenvalue weighted by atomic mass is 16.5. The summed E-state index contributed by atoms with van der Waals surface area (Å²) in [6, 6.07) is 3.31. The van der Waals surface area contributed by atoms with Crippen LogP contribution in [0.25, 0.3) is 0 Å². The third-order valence-corrected chi connectivity index (χ3v) is 6.60. The van der Waals surface area contributed by atoms with E-state index in [2.05, 4.69) is 21.3 Å². The molecule has 1 aromatic rings. The maximum absolute atomic E-state index is 13.3. The lowest BCUT2D eigenvalue weighted by Gasteiger charge is -2.23. The molecule has 0 unspecified atom stereocenters. The van der Waals surface area contributed by atoms with Gasteiger partial charge in [-0.2, -0.15) is 0 Å². The zero-order chi connectivity index (χ0) is 34.4. The van der Waals surface area contributed by atoms with Gasteiger partial charge in [-0.1, -0.05) is 12.1 Å². The summed E-state index contributed by atoms with van der Waals surface area (Å²) < 4.78 is 5.30. The van der Waals surface area contributed by atoms with Gasteiger partial charge in [-0.05, 0) is 57.7 Å². The van der Waals surface area contributed by atoms with Crippen molar-refractivity contribution in [1.29, 1.82) is 0 Å². The van der Waals surface area contributed by atoms with Crippen LogP contribution >= 0.6 is 0 Å². The number of imide groups is 1. The van der Waals surface area contributed by atoms with Gasteiger partial charge in [0.2, 0.25) is 23.6 Å². The van der Waals surface area contributed by atoms with Crippen molar-refractivity contribution in [3.05, 3.63) is 42.0 Å². The van der Waals surface area contributed by atoms with E-state index in [9.17, 15) is 38.4 Å². The van der Waals surface area contributed by atoms with Crippen LogP contribution in [0.3, 0.4) is 0 Å². The van der Waals surface area contributed by atoms with E-state index in [-0.39, 0.29) is 57.8 Å². The molecule has 0 aliphatic carbocycles. The van der Waals surface area contributed by atoms with E-state index in [1.807, 2.05) is 0 Å². The molecular weight excluding hydrogens is 602 g/mol. The molecule has 1 aliphatic rings. The minimum absolute atomic E-state index is 0.0375. The number of nitrogens with one attached hydrogen (secondary N) is 4. The minimum atomic E-state index is -1.28. The van der Waals surface area contributed by atoms with Crippen LogP contribution < -0.4 is 32.7 Å². The van der Waals surface area contributed by atoms with Gasteiger partial charge in [0.15, 0.2) is 0 Å². The number of carbonyl (C=O) groups is 8. The van der Waals surface area contributed by atoms with Gasteiger partial charge in [0.25, 0.3) is 11.8 Å². The number of esters is 1. The van der Waals surface area contributed by atoms with Crippen molar-refractivity contribution in [3.63, 3.8) is 0 Å².